The van der Waals surface area contributed by atoms with E-state index in [4.69, 9.17) is 10.00 Å². The average molecular weight is 417 g/mol. The minimum atomic E-state index is -3.95. The summed E-state index contributed by atoms with van der Waals surface area (Å²) >= 11 is 0. The van der Waals surface area contributed by atoms with Crippen LogP contribution in [0.25, 0.3) is 0 Å². The zero-order valence-electron chi connectivity index (χ0n) is 15.8. The van der Waals surface area contributed by atoms with Crippen LogP contribution in [0.15, 0.2) is 53.4 Å². The Balaban J connectivity index is 1.60. The topological polar surface area (TPSA) is 90.7 Å². The molecule has 0 N–H and O–H groups in total. The van der Waals surface area contributed by atoms with Crippen molar-refractivity contribution in [2.45, 2.75) is 17.9 Å². The molecule has 29 heavy (non-hydrogen) atoms. The highest BCUT2D eigenvalue weighted by Crippen LogP contribution is 2.21. The summed E-state index contributed by atoms with van der Waals surface area (Å²) in [4.78, 5) is 13.8. The summed E-state index contributed by atoms with van der Waals surface area (Å²) in [5.41, 5.74) is 0.489. The second kappa shape index (κ2) is 8.59. The number of hydrogen-bond donors (Lipinski definition) is 0. The van der Waals surface area contributed by atoms with Crippen LogP contribution < -0.4 is 4.74 Å². The number of nitrogens with zero attached hydrogens (tertiary/aromatic N) is 3. The van der Waals surface area contributed by atoms with Gasteiger partial charge in [-0.05, 0) is 43.3 Å². The number of sulfonamides is 1. The number of piperazine rings is 1. The molecule has 0 aliphatic carbocycles. The van der Waals surface area contributed by atoms with E-state index < -0.39 is 21.9 Å². The van der Waals surface area contributed by atoms with Gasteiger partial charge in [-0.3, -0.25) is 4.79 Å². The Bertz CT molecular complexity index is 1030. The van der Waals surface area contributed by atoms with Crippen molar-refractivity contribution >= 4 is 15.9 Å². The van der Waals surface area contributed by atoms with Gasteiger partial charge in [-0.2, -0.15) is 9.57 Å². The average Bonchev–Trinajstić information content (AvgIpc) is 2.74. The van der Waals surface area contributed by atoms with Crippen LogP contribution in [0.5, 0.6) is 5.75 Å². The lowest BCUT2D eigenvalue weighted by atomic mass is 10.2. The van der Waals surface area contributed by atoms with Crippen LogP contribution in [0.2, 0.25) is 0 Å². The van der Waals surface area contributed by atoms with Crippen molar-refractivity contribution in [1.29, 1.82) is 5.26 Å². The molecule has 1 saturated heterocycles. The quantitative estimate of drug-likeness (QED) is 0.742. The van der Waals surface area contributed by atoms with E-state index in [1.165, 1.54) is 27.4 Å². The molecule has 9 heteroatoms. The summed E-state index contributed by atoms with van der Waals surface area (Å²) in [5, 5.41) is 8.82. The molecule has 0 radical (unpaired) electrons. The molecule has 0 bridgehead atoms. The summed E-state index contributed by atoms with van der Waals surface area (Å²) in [6, 6.07) is 13.7. The SMILES string of the molecule is C[C@@H](Oc1ccc(C#N)cc1)C(=O)N1CCN(S(=O)(=O)c2ccccc2F)CC1. The molecular weight excluding hydrogens is 397 g/mol. The van der Waals surface area contributed by atoms with Crippen LogP contribution >= 0.6 is 0 Å². The molecule has 0 spiro atoms. The van der Waals surface area contributed by atoms with Crippen molar-refractivity contribution in [3.63, 3.8) is 0 Å². The van der Waals surface area contributed by atoms with Gasteiger partial charge in [0.1, 0.15) is 16.5 Å². The number of halogens is 1. The van der Waals surface area contributed by atoms with Crippen molar-refractivity contribution in [3.8, 4) is 11.8 Å². The maximum atomic E-state index is 13.9. The Labute approximate surface area is 169 Å². The summed E-state index contributed by atoms with van der Waals surface area (Å²) in [7, 11) is -3.95. The van der Waals surface area contributed by atoms with Crippen LogP contribution in [-0.4, -0.2) is 55.8 Å². The molecule has 0 unspecified atom stereocenters. The fourth-order valence-electron chi connectivity index (χ4n) is 3.06. The maximum Gasteiger partial charge on any atom is 0.263 e. The molecule has 1 heterocycles. The van der Waals surface area contributed by atoms with Gasteiger partial charge in [0.15, 0.2) is 6.10 Å². The van der Waals surface area contributed by atoms with Crippen molar-refractivity contribution in [1.82, 2.24) is 9.21 Å². The third-order valence-corrected chi connectivity index (χ3v) is 6.58. The number of carbonyl (C=O) groups is 1. The molecule has 7 nitrogen and oxygen atoms in total. The first-order chi connectivity index (χ1) is 13.8. The first kappa shape index (κ1) is 20.8. The van der Waals surface area contributed by atoms with Crippen molar-refractivity contribution < 1.29 is 22.3 Å². The van der Waals surface area contributed by atoms with Crippen LogP contribution in [0, 0.1) is 17.1 Å². The Morgan fingerprint density at radius 1 is 1.10 bits per heavy atom. The zero-order valence-corrected chi connectivity index (χ0v) is 16.6. The molecule has 0 aromatic heterocycles. The smallest absolute Gasteiger partial charge is 0.263 e. The van der Waals surface area contributed by atoms with E-state index in [2.05, 4.69) is 0 Å². The maximum absolute atomic E-state index is 13.9. The Morgan fingerprint density at radius 2 is 1.72 bits per heavy atom. The first-order valence-corrected chi connectivity index (χ1v) is 10.5. The van der Waals surface area contributed by atoms with E-state index >= 15 is 0 Å². The second-order valence-electron chi connectivity index (χ2n) is 6.56. The number of hydrogen-bond acceptors (Lipinski definition) is 5. The number of rotatable bonds is 5. The number of amides is 1. The van der Waals surface area contributed by atoms with Crippen LogP contribution in [0.3, 0.4) is 0 Å². The van der Waals surface area contributed by atoms with Gasteiger partial charge >= 0.3 is 0 Å². The molecule has 2 aromatic carbocycles. The lowest BCUT2D eigenvalue weighted by Gasteiger charge is -2.35. The largest absolute Gasteiger partial charge is 0.481 e. The van der Waals surface area contributed by atoms with E-state index in [9.17, 15) is 17.6 Å². The third-order valence-electron chi connectivity index (χ3n) is 4.65. The fraction of sp³-hybridized carbons (Fsp3) is 0.300. The second-order valence-corrected chi connectivity index (χ2v) is 8.46. The monoisotopic (exact) mass is 417 g/mol. The van der Waals surface area contributed by atoms with E-state index in [0.29, 0.717) is 11.3 Å². The molecule has 1 aliphatic rings. The van der Waals surface area contributed by atoms with E-state index in [0.717, 1.165) is 6.07 Å². The Morgan fingerprint density at radius 3 is 2.31 bits per heavy atom. The standard InChI is InChI=1S/C20H20FN3O4S/c1-15(28-17-8-6-16(14-22)7-9-17)20(25)23-10-12-24(13-11-23)29(26,27)19-5-3-2-4-18(19)21/h2-9,15H,10-13H2,1H3/t15-/m1/s1. The predicted octanol–water partition coefficient (Wildman–Crippen LogP) is 2.00. The summed E-state index contributed by atoms with van der Waals surface area (Å²) in [5.74, 6) is -0.599. The lowest BCUT2D eigenvalue weighted by Crippen LogP contribution is -2.53. The molecule has 1 aliphatic heterocycles. The van der Waals surface area contributed by atoms with Gasteiger partial charge in [-0.1, -0.05) is 12.1 Å². The molecule has 3 rings (SSSR count). The number of benzene rings is 2. The molecule has 0 saturated carbocycles. The molecule has 152 valence electrons. The van der Waals surface area contributed by atoms with Crippen molar-refractivity contribution in [2.75, 3.05) is 26.2 Å². The number of ether oxygens (including phenoxy) is 1. The van der Waals surface area contributed by atoms with Gasteiger partial charge in [-0.15, -0.1) is 0 Å². The van der Waals surface area contributed by atoms with E-state index in [-0.39, 0.29) is 37.0 Å². The van der Waals surface area contributed by atoms with Gasteiger partial charge in [-0.25, -0.2) is 12.8 Å². The van der Waals surface area contributed by atoms with Crippen LogP contribution in [0.4, 0.5) is 4.39 Å². The van der Waals surface area contributed by atoms with Gasteiger partial charge in [0, 0.05) is 26.2 Å². The summed E-state index contributed by atoms with van der Waals surface area (Å²) in [6.07, 6.45) is -0.766. The fourth-order valence-corrected chi connectivity index (χ4v) is 4.55. The van der Waals surface area contributed by atoms with E-state index in [1.54, 1.807) is 31.2 Å². The summed E-state index contributed by atoms with van der Waals surface area (Å²) < 4.78 is 46.0. The number of carbonyl (C=O) groups excluding carboxylic acids is 1. The Kier molecular flexibility index (Phi) is 6.15. The van der Waals surface area contributed by atoms with Crippen LogP contribution in [0.1, 0.15) is 12.5 Å². The highest BCUT2D eigenvalue weighted by Gasteiger charge is 2.33. The van der Waals surface area contributed by atoms with Crippen LogP contribution in [-0.2, 0) is 14.8 Å². The Hall–Kier alpha value is -2.96. The lowest BCUT2D eigenvalue weighted by molar-refractivity contribution is -0.139. The summed E-state index contributed by atoms with van der Waals surface area (Å²) in [6.45, 7) is 2.14. The predicted molar refractivity (Wildman–Crippen MR) is 103 cm³/mol. The minimum Gasteiger partial charge on any atom is -0.481 e. The molecule has 1 atom stereocenters. The molecule has 2 aromatic rings. The van der Waals surface area contributed by atoms with Gasteiger partial charge < -0.3 is 9.64 Å². The van der Waals surface area contributed by atoms with Crippen molar-refractivity contribution in [2.24, 2.45) is 0 Å². The van der Waals surface area contributed by atoms with Gasteiger partial charge in [0.25, 0.3) is 5.91 Å². The zero-order chi connectivity index (χ0) is 21.0. The first-order valence-electron chi connectivity index (χ1n) is 9.03. The van der Waals surface area contributed by atoms with Gasteiger partial charge in [0.2, 0.25) is 10.0 Å². The molecule has 1 fully saturated rings. The van der Waals surface area contributed by atoms with Gasteiger partial charge in [0.05, 0.1) is 11.6 Å². The third kappa shape index (κ3) is 4.55. The van der Waals surface area contributed by atoms with E-state index in [1.807, 2.05) is 6.07 Å². The highest BCUT2D eigenvalue weighted by atomic mass is 32.2. The number of nitriles is 1. The van der Waals surface area contributed by atoms with Crippen molar-refractivity contribution in [3.05, 3.63) is 59.9 Å². The molecule has 1 amide bonds. The minimum absolute atomic E-state index is 0.0754. The normalized spacial score (nSPS) is 16.1. The highest BCUT2D eigenvalue weighted by molar-refractivity contribution is 7.89. The molecular formula is C20H20FN3O4S.